The van der Waals surface area contributed by atoms with Crippen molar-refractivity contribution in [1.29, 1.82) is 0 Å². The van der Waals surface area contributed by atoms with E-state index in [1.54, 1.807) is 39.5 Å². The van der Waals surface area contributed by atoms with Crippen LogP contribution in [0.2, 0.25) is 0 Å². The van der Waals surface area contributed by atoms with E-state index in [4.69, 9.17) is 19.3 Å². The second-order valence-corrected chi connectivity index (χ2v) is 6.64. The second kappa shape index (κ2) is 14.8. The Hall–Kier alpha value is -2.21. The van der Waals surface area contributed by atoms with Gasteiger partial charge in [0, 0.05) is 19.2 Å². The molecule has 0 spiro atoms. The number of aliphatic hydroxyl groups excluding tert-OH is 1. The molecule has 0 saturated carbocycles. The van der Waals surface area contributed by atoms with E-state index in [0.29, 0.717) is 30.4 Å². The minimum absolute atomic E-state index is 0.113. The first-order chi connectivity index (χ1) is 13.7. The van der Waals surface area contributed by atoms with Gasteiger partial charge >= 0.3 is 0 Å². The summed E-state index contributed by atoms with van der Waals surface area (Å²) in [4.78, 5) is 12.0. The number of ether oxygens (including phenoxy) is 3. The van der Waals surface area contributed by atoms with Gasteiger partial charge in [-0.25, -0.2) is 0 Å². The third-order valence-electron chi connectivity index (χ3n) is 4.50. The Labute approximate surface area is 168 Å². The van der Waals surface area contributed by atoms with Crippen LogP contribution in [0.1, 0.15) is 56.9 Å². The van der Waals surface area contributed by atoms with E-state index in [2.05, 4.69) is 5.32 Å². The Morgan fingerprint density at radius 1 is 0.893 bits per heavy atom. The second-order valence-electron chi connectivity index (χ2n) is 6.64. The summed E-state index contributed by atoms with van der Waals surface area (Å²) in [6.07, 6.45) is 12.2. The number of aliphatic hydroxyl groups is 1. The summed E-state index contributed by atoms with van der Waals surface area (Å²) in [5.74, 6) is 1.52. The molecule has 0 aliphatic carbocycles. The molecule has 0 unspecified atom stereocenters. The average molecular weight is 394 g/mol. The molecule has 0 atom stereocenters. The van der Waals surface area contributed by atoms with Crippen molar-refractivity contribution in [3.05, 3.63) is 23.8 Å². The molecule has 0 bridgehead atoms. The molecule has 0 saturated heterocycles. The van der Waals surface area contributed by atoms with E-state index < -0.39 is 0 Å². The van der Waals surface area contributed by atoms with Crippen molar-refractivity contribution in [2.75, 3.05) is 34.5 Å². The van der Waals surface area contributed by atoms with Gasteiger partial charge in [-0.1, -0.05) is 38.5 Å². The van der Waals surface area contributed by atoms with Gasteiger partial charge in [0.15, 0.2) is 11.5 Å². The quantitative estimate of drug-likeness (QED) is 0.348. The van der Waals surface area contributed by atoms with Gasteiger partial charge in [-0.2, -0.15) is 0 Å². The van der Waals surface area contributed by atoms with Gasteiger partial charge in [0.25, 0.3) is 0 Å². The number of hydrogen-bond donors (Lipinski definition) is 2. The number of carbonyl (C=O) groups excluding carboxylic acids is 1. The largest absolute Gasteiger partial charge is 0.493 e. The maximum absolute atomic E-state index is 12.0. The average Bonchev–Trinajstić information content (AvgIpc) is 2.72. The van der Waals surface area contributed by atoms with Crippen LogP contribution in [0.25, 0.3) is 6.08 Å². The summed E-state index contributed by atoms with van der Waals surface area (Å²) in [6.45, 7) is 0.983. The molecule has 158 valence electrons. The first kappa shape index (κ1) is 23.8. The highest BCUT2D eigenvalue weighted by molar-refractivity contribution is 5.91. The third kappa shape index (κ3) is 9.13. The number of nitrogens with one attached hydrogen (secondary N) is 1. The zero-order valence-electron chi connectivity index (χ0n) is 17.5. The number of carbonyl (C=O) groups is 1. The molecule has 1 aromatic carbocycles. The highest BCUT2D eigenvalue weighted by Gasteiger charge is 2.12. The van der Waals surface area contributed by atoms with Crippen LogP contribution in [0.15, 0.2) is 18.2 Å². The lowest BCUT2D eigenvalue weighted by Crippen LogP contribution is -2.21. The summed E-state index contributed by atoms with van der Waals surface area (Å²) in [7, 11) is 4.68. The van der Waals surface area contributed by atoms with E-state index in [9.17, 15) is 4.79 Å². The van der Waals surface area contributed by atoms with E-state index in [1.807, 2.05) is 0 Å². The molecule has 2 N–H and O–H groups in total. The van der Waals surface area contributed by atoms with Gasteiger partial charge < -0.3 is 24.6 Å². The van der Waals surface area contributed by atoms with Gasteiger partial charge in [0.05, 0.1) is 21.3 Å². The molecule has 0 aliphatic heterocycles. The molecule has 6 heteroatoms. The van der Waals surface area contributed by atoms with Crippen LogP contribution >= 0.6 is 0 Å². The fraction of sp³-hybridized carbons (Fsp3) is 0.591. The van der Waals surface area contributed by atoms with Gasteiger partial charge in [-0.3, -0.25) is 4.79 Å². The summed E-state index contributed by atoms with van der Waals surface area (Å²) < 4.78 is 15.9. The lowest BCUT2D eigenvalue weighted by Gasteiger charge is -2.12. The Kier molecular flexibility index (Phi) is 12.6. The van der Waals surface area contributed by atoms with Crippen molar-refractivity contribution in [1.82, 2.24) is 5.32 Å². The van der Waals surface area contributed by atoms with Gasteiger partial charge in [-0.05, 0) is 36.6 Å². The highest BCUT2D eigenvalue weighted by Crippen LogP contribution is 2.38. The van der Waals surface area contributed by atoms with Crippen molar-refractivity contribution in [3.63, 3.8) is 0 Å². The third-order valence-corrected chi connectivity index (χ3v) is 4.50. The van der Waals surface area contributed by atoms with Crippen LogP contribution in [-0.2, 0) is 4.79 Å². The number of amides is 1. The molecule has 0 radical (unpaired) electrons. The van der Waals surface area contributed by atoms with Crippen LogP contribution in [0.4, 0.5) is 0 Å². The zero-order chi connectivity index (χ0) is 20.6. The Morgan fingerprint density at radius 2 is 1.43 bits per heavy atom. The normalized spacial score (nSPS) is 10.9. The van der Waals surface area contributed by atoms with Crippen LogP contribution in [0.5, 0.6) is 17.2 Å². The molecule has 6 nitrogen and oxygen atoms in total. The van der Waals surface area contributed by atoms with E-state index >= 15 is 0 Å². The van der Waals surface area contributed by atoms with Crippen molar-refractivity contribution in [3.8, 4) is 17.2 Å². The van der Waals surface area contributed by atoms with Crippen LogP contribution in [-0.4, -0.2) is 45.5 Å². The Bertz CT molecular complexity index is 576. The molecular formula is C22H35NO5. The van der Waals surface area contributed by atoms with Gasteiger partial charge in [0.1, 0.15) is 0 Å². The van der Waals surface area contributed by atoms with Gasteiger partial charge in [0.2, 0.25) is 11.7 Å². The van der Waals surface area contributed by atoms with E-state index in [-0.39, 0.29) is 5.91 Å². The Morgan fingerprint density at radius 3 is 1.93 bits per heavy atom. The minimum Gasteiger partial charge on any atom is -0.493 e. The van der Waals surface area contributed by atoms with Crippen molar-refractivity contribution >= 4 is 12.0 Å². The minimum atomic E-state index is -0.113. The van der Waals surface area contributed by atoms with Crippen molar-refractivity contribution in [2.24, 2.45) is 0 Å². The maximum Gasteiger partial charge on any atom is 0.243 e. The van der Waals surface area contributed by atoms with Crippen LogP contribution in [0.3, 0.4) is 0 Å². The van der Waals surface area contributed by atoms with E-state index in [0.717, 1.165) is 31.2 Å². The molecule has 28 heavy (non-hydrogen) atoms. The summed E-state index contributed by atoms with van der Waals surface area (Å²) in [5, 5.41) is 11.6. The van der Waals surface area contributed by atoms with Crippen molar-refractivity contribution < 1.29 is 24.1 Å². The molecule has 0 heterocycles. The standard InChI is InChI=1S/C22H35NO5/c1-26-19-16-18(17-20(27-2)22(19)28-3)12-13-21(25)23-14-10-8-6-4-5-7-9-11-15-24/h12-13,16-17,24H,4-11,14-15H2,1-3H3,(H,23,25)/b13-12+. The lowest BCUT2D eigenvalue weighted by molar-refractivity contribution is -0.116. The van der Waals surface area contributed by atoms with E-state index in [1.165, 1.54) is 31.8 Å². The smallest absolute Gasteiger partial charge is 0.243 e. The predicted molar refractivity (Wildman–Crippen MR) is 112 cm³/mol. The van der Waals surface area contributed by atoms with Gasteiger partial charge in [-0.15, -0.1) is 0 Å². The topological polar surface area (TPSA) is 77.0 Å². The lowest BCUT2D eigenvalue weighted by atomic mass is 10.1. The molecule has 1 aromatic rings. The molecule has 0 fully saturated rings. The number of unbranched alkanes of at least 4 members (excludes halogenated alkanes) is 7. The maximum atomic E-state index is 12.0. The summed E-state index contributed by atoms with van der Waals surface area (Å²) in [6, 6.07) is 3.59. The molecule has 0 aliphatic rings. The zero-order valence-corrected chi connectivity index (χ0v) is 17.5. The molecule has 1 amide bonds. The number of rotatable bonds is 15. The van der Waals surface area contributed by atoms with Crippen LogP contribution < -0.4 is 19.5 Å². The van der Waals surface area contributed by atoms with Crippen LogP contribution in [0, 0.1) is 0 Å². The first-order valence-electron chi connectivity index (χ1n) is 10.0. The summed E-state index contributed by atoms with van der Waals surface area (Å²) >= 11 is 0. The number of benzene rings is 1. The summed E-state index contributed by atoms with van der Waals surface area (Å²) in [5.41, 5.74) is 0.797. The molecular weight excluding hydrogens is 358 g/mol. The highest BCUT2D eigenvalue weighted by atomic mass is 16.5. The SMILES string of the molecule is COc1cc(/C=C/C(=O)NCCCCCCCCCCO)cc(OC)c1OC. The number of hydrogen-bond acceptors (Lipinski definition) is 5. The first-order valence-corrected chi connectivity index (χ1v) is 10.0. The van der Waals surface area contributed by atoms with Crippen molar-refractivity contribution in [2.45, 2.75) is 51.4 Å². The fourth-order valence-electron chi connectivity index (χ4n) is 2.94. The Balaban J connectivity index is 2.31. The molecule has 0 aromatic heterocycles. The fourth-order valence-corrected chi connectivity index (χ4v) is 2.94. The number of methoxy groups -OCH3 is 3. The predicted octanol–water partition coefficient (Wildman–Crippen LogP) is 3.95. The monoisotopic (exact) mass is 393 g/mol. The molecule has 1 rings (SSSR count).